The molecule has 1 aromatic heterocycles. The van der Waals surface area contributed by atoms with Crippen LogP contribution in [0, 0.1) is 17.5 Å². The van der Waals surface area contributed by atoms with E-state index >= 15 is 0 Å². The molecule has 1 atom stereocenters. The molecule has 0 aliphatic carbocycles. The minimum atomic E-state index is -1.08. The number of carbonyl (C=O) groups is 2. The molecule has 0 saturated carbocycles. The van der Waals surface area contributed by atoms with Crippen LogP contribution >= 0.6 is 0 Å². The standard InChI is InChI=1S/C25H23F3N4O4/c1-3-30-13-32(14(2)15-5-4-6-17(26)9-15)31-12-19(22(33)23(34)21(31)25(30)36)24(35)29-11-16-7-8-18(27)10-20(16)28/h4-10,12,14,34H,3,11,13H2,1-2H3,(H,29,35). The summed E-state index contributed by atoms with van der Waals surface area (Å²) >= 11 is 0. The van der Waals surface area contributed by atoms with Crippen LogP contribution < -0.4 is 15.8 Å². The van der Waals surface area contributed by atoms with Crippen molar-refractivity contribution in [2.45, 2.75) is 26.4 Å². The zero-order valence-electron chi connectivity index (χ0n) is 19.5. The van der Waals surface area contributed by atoms with Gasteiger partial charge in [-0.25, -0.2) is 13.2 Å². The van der Waals surface area contributed by atoms with Crippen molar-refractivity contribution in [1.29, 1.82) is 0 Å². The topological polar surface area (TPSA) is 94.9 Å². The second-order valence-electron chi connectivity index (χ2n) is 8.31. The molecule has 8 nitrogen and oxygen atoms in total. The van der Waals surface area contributed by atoms with Crippen LogP contribution in [0.2, 0.25) is 0 Å². The van der Waals surface area contributed by atoms with Crippen LogP contribution in [0.4, 0.5) is 13.2 Å². The minimum absolute atomic E-state index is 0.0119. The Bertz CT molecular complexity index is 1410. The molecule has 0 radical (unpaired) electrons. The Morgan fingerprint density at radius 2 is 1.83 bits per heavy atom. The number of nitrogens with one attached hydrogen (secondary N) is 1. The van der Waals surface area contributed by atoms with Crippen LogP contribution in [0.3, 0.4) is 0 Å². The Morgan fingerprint density at radius 1 is 1.11 bits per heavy atom. The summed E-state index contributed by atoms with van der Waals surface area (Å²) in [4.78, 5) is 40.1. The Kier molecular flexibility index (Phi) is 6.73. The van der Waals surface area contributed by atoms with Crippen LogP contribution in [0.5, 0.6) is 5.75 Å². The van der Waals surface area contributed by atoms with E-state index in [-0.39, 0.29) is 31.0 Å². The van der Waals surface area contributed by atoms with Crippen molar-refractivity contribution in [1.82, 2.24) is 14.9 Å². The third kappa shape index (κ3) is 4.51. The summed E-state index contributed by atoms with van der Waals surface area (Å²) in [5, 5.41) is 14.7. The lowest BCUT2D eigenvalue weighted by Gasteiger charge is -2.42. The number of fused-ring (bicyclic) bond motifs is 1. The molecular formula is C25H23F3N4O4. The number of amides is 2. The fraction of sp³-hybridized carbons (Fsp3) is 0.240. The molecule has 1 unspecified atom stereocenters. The van der Waals surface area contributed by atoms with Crippen LogP contribution in [-0.2, 0) is 6.54 Å². The number of carbonyl (C=O) groups excluding carboxylic acids is 2. The zero-order valence-corrected chi connectivity index (χ0v) is 19.5. The fourth-order valence-corrected chi connectivity index (χ4v) is 4.04. The molecular weight excluding hydrogens is 477 g/mol. The van der Waals surface area contributed by atoms with E-state index in [1.54, 1.807) is 24.9 Å². The first-order valence-electron chi connectivity index (χ1n) is 11.1. The van der Waals surface area contributed by atoms with E-state index in [1.807, 2.05) is 0 Å². The summed E-state index contributed by atoms with van der Waals surface area (Å²) in [6.45, 7) is 3.42. The number of pyridine rings is 1. The number of halogens is 3. The van der Waals surface area contributed by atoms with Gasteiger partial charge in [-0.3, -0.25) is 24.1 Å². The highest BCUT2D eigenvalue weighted by Crippen LogP contribution is 2.28. The molecule has 0 saturated heterocycles. The van der Waals surface area contributed by atoms with Crippen molar-refractivity contribution < 1.29 is 27.9 Å². The van der Waals surface area contributed by atoms with Gasteiger partial charge < -0.3 is 15.3 Å². The molecule has 4 rings (SSSR count). The lowest BCUT2D eigenvalue weighted by atomic mass is 10.1. The highest BCUT2D eigenvalue weighted by Gasteiger charge is 2.35. The first-order chi connectivity index (χ1) is 17.1. The smallest absolute Gasteiger partial charge is 0.277 e. The van der Waals surface area contributed by atoms with Crippen LogP contribution in [0.1, 0.15) is 51.9 Å². The maximum Gasteiger partial charge on any atom is 0.277 e. The number of aromatic hydroxyl groups is 1. The molecule has 2 N–H and O–H groups in total. The largest absolute Gasteiger partial charge is 0.502 e. The molecule has 1 aliphatic heterocycles. The SMILES string of the molecule is CCN1CN(C(C)c2cccc(F)c2)n2cc(C(=O)NCc3ccc(F)cc3F)c(=O)c(O)c2C1=O. The van der Waals surface area contributed by atoms with E-state index in [2.05, 4.69) is 5.32 Å². The van der Waals surface area contributed by atoms with Gasteiger partial charge in [0.25, 0.3) is 11.8 Å². The summed E-state index contributed by atoms with van der Waals surface area (Å²) < 4.78 is 42.2. The predicted molar refractivity (Wildman–Crippen MR) is 125 cm³/mol. The number of rotatable bonds is 6. The third-order valence-electron chi connectivity index (χ3n) is 6.11. The summed E-state index contributed by atoms with van der Waals surface area (Å²) in [6.07, 6.45) is 1.12. The molecule has 2 heterocycles. The highest BCUT2D eigenvalue weighted by atomic mass is 19.1. The Morgan fingerprint density at radius 3 is 2.50 bits per heavy atom. The molecule has 11 heteroatoms. The molecule has 1 aliphatic rings. The van der Waals surface area contributed by atoms with Gasteiger partial charge in [0, 0.05) is 30.9 Å². The monoisotopic (exact) mass is 500 g/mol. The van der Waals surface area contributed by atoms with E-state index in [0.717, 1.165) is 18.3 Å². The van der Waals surface area contributed by atoms with Crippen molar-refractivity contribution in [2.24, 2.45) is 0 Å². The second kappa shape index (κ2) is 9.76. The molecule has 0 spiro atoms. The zero-order chi connectivity index (χ0) is 26.1. The van der Waals surface area contributed by atoms with Crippen molar-refractivity contribution >= 4 is 11.8 Å². The van der Waals surface area contributed by atoms with Crippen molar-refractivity contribution in [3.8, 4) is 5.75 Å². The maximum absolute atomic E-state index is 13.9. The lowest BCUT2D eigenvalue weighted by Crippen LogP contribution is -2.55. The van der Waals surface area contributed by atoms with Gasteiger partial charge >= 0.3 is 0 Å². The molecule has 2 amide bonds. The highest BCUT2D eigenvalue weighted by molar-refractivity contribution is 5.99. The molecule has 36 heavy (non-hydrogen) atoms. The van der Waals surface area contributed by atoms with Crippen molar-refractivity contribution in [3.05, 3.63) is 98.7 Å². The Labute approximate surface area is 204 Å². The van der Waals surface area contributed by atoms with Crippen LogP contribution in [0.25, 0.3) is 0 Å². The van der Waals surface area contributed by atoms with Gasteiger partial charge in [-0.1, -0.05) is 18.2 Å². The normalized spacial score (nSPS) is 14.0. The first-order valence-corrected chi connectivity index (χ1v) is 11.1. The van der Waals surface area contributed by atoms with E-state index in [9.17, 15) is 32.7 Å². The molecule has 2 aromatic carbocycles. The minimum Gasteiger partial charge on any atom is -0.502 e. The van der Waals surface area contributed by atoms with Gasteiger partial charge in [-0.15, -0.1) is 0 Å². The van der Waals surface area contributed by atoms with Gasteiger partial charge in [-0.05, 0) is 37.6 Å². The lowest BCUT2D eigenvalue weighted by molar-refractivity contribution is 0.0686. The van der Waals surface area contributed by atoms with Crippen LogP contribution in [0.15, 0.2) is 53.5 Å². The van der Waals surface area contributed by atoms with Gasteiger partial charge in [0.15, 0.2) is 11.4 Å². The summed E-state index contributed by atoms with van der Waals surface area (Å²) in [6, 6.07) is 8.15. The van der Waals surface area contributed by atoms with Gasteiger partial charge in [0.2, 0.25) is 5.43 Å². The van der Waals surface area contributed by atoms with E-state index < -0.39 is 52.0 Å². The number of aromatic nitrogens is 1. The summed E-state index contributed by atoms with van der Waals surface area (Å²) in [5.41, 5.74) is -1.36. The van der Waals surface area contributed by atoms with Crippen molar-refractivity contribution in [3.63, 3.8) is 0 Å². The predicted octanol–water partition coefficient (Wildman–Crippen LogP) is 3.03. The average molecular weight is 500 g/mol. The molecule has 3 aromatic rings. The number of nitrogens with zero attached hydrogens (tertiary/aromatic N) is 3. The summed E-state index contributed by atoms with van der Waals surface area (Å²) in [5.74, 6) is -4.58. The molecule has 0 bridgehead atoms. The third-order valence-corrected chi connectivity index (χ3v) is 6.11. The number of benzene rings is 2. The molecule has 0 fully saturated rings. The van der Waals surface area contributed by atoms with E-state index in [1.165, 1.54) is 27.8 Å². The number of hydrogen-bond donors (Lipinski definition) is 2. The first kappa shape index (κ1) is 24.8. The van der Waals surface area contributed by atoms with Crippen LogP contribution in [-0.4, -0.2) is 39.7 Å². The quantitative estimate of drug-likeness (QED) is 0.543. The fourth-order valence-electron chi connectivity index (χ4n) is 4.04. The second-order valence-corrected chi connectivity index (χ2v) is 8.31. The number of hydrogen-bond acceptors (Lipinski definition) is 5. The molecule has 188 valence electrons. The average Bonchev–Trinajstić information content (AvgIpc) is 2.85. The Hall–Kier alpha value is -4.28. The van der Waals surface area contributed by atoms with E-state index in [4.69, 9.17) is 0 Å². The van der Waals surface area contributed by atoms with Gasteiger partial charge in [-0.2, -0.15) is 0 Å². The van der Waals surface area contributed by atoms with Gasteiger partial charge in [0.05, 0.1) is 6.04 Å². The van der Waals surface area contributed by atoms with Crippen molar-refractivity contribution in [2.75, 3.05) is 18.2 Å². The Balaban J connectivity index is 1.74. The van der Waals surface area contributed by atoms with E-state index in [0.29, 0.717) is 11.6 Å². The maximum atomic E-state index is 13.9. The summed E-state index contributed by atoms with van der Waals surface area (Å²) in [7, 11) is 0. The van der Waals surface area contributed by atoms with Gasteiger partial charge in [0.1, 0.15) is 29.7 Å².